The Morgan fingerprint density at radius 1 is 0.853 bits per heavy atom. The third-order valence-electron chi connectivity index (χ3n) is 5.53. The molecular formula is C28H34N2O4. The van der Waals surface area contributed by atoms with Gasteiger partial charge in [0.05, 0.1) is 19.4 Å². The van der Waals surface area contributed by atoms with Crippen LogP contribution in [0, 0.1) is 0 Å². The second-order valence-corrected chi connectivity index (χ2v) is 9.26. The number of hydrogen-bond acceptors (Lipinski definition) is 4. The molecule has 0 aliphatic carbocycles. The van der Waals surface area contributed by atoms with Crippen molar-refractivity contribution in [2.45, 2.75) is 45.9 Å². The summed E-state index contributed by atoms with van der Waals surface area (Å²) in [4.78, 5) is 29.8. The number of amides is 2. The summed E-state index contributed by atoms with van der Waals surface area (Å²) in [5, 5.41) is 0. The van der Waals surface area contributed by atoms with Gasteiger partial charge in [-0.1, -0.05) is 60.7 Å². The van der Waals surface area contributed by atoms with E-state index >= 15 is 0 Å². The summed E-state index contributed by atoms with van der Waals surface area (Å²) < 4.78 is 11.1. The van der Waals surface area contributed by atoms with Gasteiger partial charge in [0.2, 0.25) is 11.8 Å². The zero-order valence-corrected chi connectivity index (χ0v) is 20.3. The number of nitrogens with zero attached hydrogens (tertiary/aromatic N) is 2. The van der Waals surface area contributed by atoms with E-state index in [1.807, 2.05) is 93.6 Å². The maximum atomic E-state index is 13.4. The molecule has 0 radical (unpaired) electrons. The highest BCUT2D eigenvalue weighted by Crippen LogP contribution is 2.16. The minimum atomic E-state index is -0.529. The largest absolute Gasteiger partial charge is 0.467 e. The average Bonchev–Trinajstić information content (AvgIpc) is 3.34. The number of carbonyl (C=O) groups excluding carboxylic acids is 2. The smallest absolute Gasteiger partial charge is 0.249 e. The predicted molar refractivity (Wildman–Crippen MR) is 132 cm³/mol. The van der Waals surface area contributed by atoms with E-state index in [2.05, 4.69) is 0 Å². The number of benzene rings is 2. The Balaban J connectivity index is 1.65. The van der Waals surface area contributed by atoms with Crippen LogP contribution in [-0.4, -0.2) is 46.8 Å². The highest BCUT2D eigenvalue weighted by Gasteiger charge is 2.30. The van der Waals surface area contributed by atoms with Gasteiger partial charge in [-0.25, -0.2) is 0 Å². The van der Waals surface area contributed by atoms with E-state index in [1.54, 1.807) is 16.1 Å². The second kappa shape index (κ2) is 12.2. The van der Waals surface area contributed by atoms with E-state index < -0.39 is 5.54 Å². The molecule has 0 atom stereocenters. The fourth-order valence-corrected chi connectivity index (χ4v) is 3.63. The number of hydrogen-bond donors (Lipinski definition) is 0. The van der Waals surface area contributed by atoms with Crippen LogP contribution in [0.2, 0.25) is 0 Å². The van der Waals surface area contributed by atoms with Gasteiger partial charge in [0.1, 0.15) is 18.9 Å². The molecule has 0 aliphatic rings. The van der Waals surface area contributed by atoms with Crippen molar-refractivity contribution in [2.75, 3.05) is 19.7 Å². The maximum Gasteiger partial charge on any atom is 0.249 e. The van der Waals surface area contributed by atoms with E-state index in [0.717, 1.165) is 17.5 Å². The molecule has 2 aromatic carbocycles. The minimum Gasteiger partial charge on any atom is -0.467 e. The van der Waals surface area contributed by atoms with Gasteiger partial charge in [-0.15, -0.1) is 0 Å². The summed E-state index contributed by atoms with van der Waals surface area (Å²) in [6.07, 6.45) is 2.32. The molecule has 0 fully saturated rings. The van der Waals surface area contributed by atoms with Crippen LogP contribution >= 0.6 is 0 Å². The minimum absolute atomic E-state index is 0.0213. The first-order valence-electron chi connectivity index (χ1n) is 11.6. The van der Waals surface area contributed by atoms with E-state index in [-0.39, 0.29) is 25.0 Å². The Labute approximate surface area is 202 Å². The quantitative estimate of drug-likeness (QED) is 0.415. The van der Waals surface area contributed by atoms with Crippen LogP contribution in [-0.2, 0) is 33.9 Å². The molecule has 34 heavy (non-hydrogen) atoms. The molecule has 0 aliphatic heterocycles. The summed E-state index contributed by atoms with van der Waals surface area (Å²) in [6, 6.07) is 23.4. The van der Waals surface area contributed by atoms with Crippen LogP contribution in [0.4, 0.5) is 0 Å². The SMILES string of the molecule is CC(C)(C)N(CC(=O)N(CCc1ccccc1)Cc1ccco1)C(=O)COCc1ccccc1. The number of furan rings is 1. The molecule has 0 saturated heterocycles. The van der Waals surface area contributed by atoms with E-state index in [1.165, 1.54) is 0 Å². The van der Waals surface area contributed by atoms with Crippen LogP contribution in [0.3, 0.4) is 0 Å². The van der Waals surface area contributed by atoms with Crippen molar-refractivity contribution in [3.8, 4) is 0 Å². The zero-order chi connectivity index (χ0) is 24.4. The highest BCUT2D eigenvalue weighted by atomic mass is 16.5. The molecule has 0 bridgehead atoms. The van der Waals surface area contributed by atoms with Gasteiger partial charge in [0, 0.05) is 12.1 Å². The van der Waals surface area contributed by atoms with Crippen LogP contribution in [0.5, 0.6) is 0 Å². The summed E-state index contributed by atoms with van der Waals surface area (Å²) in [5.74, 6) is 0.373. The molecule has 1 heterocycles. The fourth-order valence-electron chi connectivity index (χ4n) is 3.63. The van der Waals surface area contributed by atoms with Crippen molar-refractivity contribution < 1.29 is 18.7 Å². The maximum absolute atomic E-state index is 13.4. The molecular weight excluding hydrogens is 428 g/mol. The second-order valence-electron chi connectivity index (χ2n) is 9.26. The molecule has 0 unspecified atom stereocenters. The summed E-state index contributed by atoms with van der Waals surface area (Å²) in [7, 11) is 0. The molecule has 3 rings (SSSR count). The lowest BCUT2D eigenvalue weighted by Gasteiger charge is -2.36. The summed E-state index contributed by atoms with van der Waals surface area (Å²) >= 11 is 0. The molecule has 0 N–H and O–H groups in total. The molecule has 6 heteroatoms. The first-order valence-corrected chi connectivity index (χ1v) is 11.6. The molecule has 3 aromatic rings. The van der Waals surface area contributed by atoms with Gasteiger partial charge < -0.3 is 19.0 Å². The van der Waals surface area contributed by atoms with Crippen molar-refractivity contribution >= 4 is 11.8 Å². The highest BCUT2D eigenvalue weighted by molar-refractivity contribution is 5.86. The molecule has 6 nitrogen and oxygen atoms in total. The monoisotopic (exact) mass is 462 g/mol. The average molecular weight is 463 g/mol. The van der Waals surface area contributed by atoms with Crippen molar-refractivity contribution in [3.05, 3.63) is 95.9 Å². The predicted octanol–water partition coefficient (Wildman–Crippen LogP) is 4.69. The lowest BCUT2D eigenvalue weighted by Crippen LogP contribution is -2.52. The van der Waals surface area contributed by atoms with E-state index in [9.17, 15) is 9.59 Å². The van der Waals surface area contributed by atoms with Gasteiger partial charge in [0.15, 0.2) is 0 Å². The van der Waals surface area contributed by atoms with Crippen LogP contribution in [0.15, 0.2) is 83.5 Å². The van der Waals surface area contributed by atoms with Crippen molar-refractivity contribution in [3.63, 3.8) is 0 Å². The van der Waals surface area contributed by atoms with Gasteiger partial charge in [-0.05, 0) is 50.5 Å². The van der Waals surface area contributed by atoms with Gasteiger partial charge in [-0.2, -0.15) is 0 Å². The molecule has 1 aromatic heterocycles. The van der Waals surface area contributed by atoms with E-state index in [0.29, 0.717) is 25.5 Å². The lowest BCUT2D eigenvalue weighted by molar-refractivity contribution is -0.148. The Kier molecular flexibility index (Phi) is 9.05. The Bertz CT molecular complexity index is 1010. The standard InChI is InChI=1S/C28H34N2O4/c1-28(2,3)30(27(32)22-33-21-24-13-8-5-9-14-24)20-26(31)29(19-25-15-10-18-34-25)17-16-23-11-6-4-7-12-23/h4-15,18H,16-17,19-22H2,1-3H3. The van der Waals surface area contributed by atoms with Crippen molar-refractivity contribution in [1.29, 1.82) is 0 Å². The lowest BCUT2D eigenvalue weighted by atomic mass is 10.1. The van der Waals surface area contributed by atoms with Crippen molar-refractivity contribution in [2.24, 2.45) is 0 Å². The topological polar surface area (TPSA) is 63.0 Å². The van der Waals surface area contributed by atoms with E-state index in [4.69, 9.17) is 9.15 Å². The zero-order valence-electron chi connectivity index (χ0n) is 20.3. The number of ether oxygens (including phenoxy) is 1. The van der Waals surface area contributed by atoms with Gasteiger partial charge in [0.25, 0.3) is 0 Å². The molecule has 2 amide bonds. The van der Waals surface area contributed by atoms with Crippen LogP contribution < -0.4 is 0 Å². The summed E-state index contributed by atoms with van der Waals surface area (Å²) in [5.41, 5.74) is 1.62. The molecule has 0 saturated carbocycles. The third kappa shape index (κ3) is 7.89. The first-order chi connectivity index (χ1) is 16.3. The van der Waals surface area contributed by atoms with Gasteiger partial charge >= 0.3 is 0 Å². The third-order valence-corrected chi connectivity index (χ3v) is 5.53. The molecule has 0 spiro atoms. The van der Waals surface area contributed by atoms with Crippen molar-refractivity contribution in [1.82, 2.24) is 9.80 Å². The molecule has 180 valence electrons. The number of carbonyl (C=O) groups is 2. The summed E-state index contributed by atoms with van der Waals surface area (Å²) in [6.45, 7) is 6.91. The normalized spacial score (nSPS) is 11.3. The Morgan fingerprint density at radius 3 is 2.09 bits per heavy atom. The Morgan fingerprint density at radius 2 is 1.50 bits per heavy atom. The first kappa shape index (κ1) is 25.2. The van der Waals surface area contributed by atoms with Gasteiger partial charge in [-0.3, -0.25) is 9.59 Å². The fraction of sp³-hybridized carbons (Fsp3) is 0.357. The van der Waals surface area contributed by atoms with Crippen LogP contribution in [0.25, 0.3) is 0 Å². The van der Waals surface area contributed by atoms with Crippen LogP contribution in [0.1, 0.15) is 37.7 Å². The Hall–Kier alpha value is -3.38. The number of rotatable bonds is 11.